The normalized spacial score (nSPS) is 41.7. The maximum Gasteiger partial charge on any atom is 0.0235 e. The lowest BCUT2D eigenvalue weighted by Gasteiger charge is -2.42. The van der Waals surface area contributed by atoms with Crippen molar-refractivity contribution >= 4 is 0 Å². The molecular weight excluding hydrogens is 124 g/mol. The monoisotopic (exact) mass is 140 g/mol. The zero-order valence-electron chi connectivity index (χ0n) is 6.64. The minimum absolute atomic E-state index is 0.865. The van der Waals surface area contributed by atoms with Gasteiger partial charge in [-0.1, -0.05) is 0 Å². The van der Waals surface area contributed by atoms with E-state index in [2.05, 4.69) is 17.1 Å². The van der Waals surface area contributed by atoms with Crippen molar-refractivity contribution in [2.24, 2.45) is 0 Å². The molecule has 1 N–H and O–H groups in total. The van der Waals surface area contributed by atoms with E-state index in [0.29, 0.717) is 0 Å². The van der Waals surface area contributed by atoms with Gasteiger partial charge in [0, 0.05) is 25.2 Å². The fraction of sp³-hybridized carbons (Fsp3) is 1.00. The van der Waals surface area contributed by atoms with Crippen molar-refractivity contribution in [2.75, 3.05) is 19.6 Å². The molecule has 0 bridgehead atoms. The summed E-state index contributed by atoms with van der Waals surface area (Å²) < 4.78 is 0. The van der Waals surface area contributed by atoms with Crippen molar-refractivity contribution in [1.29, 1.82) is 0 Å². The lowest BCUT2D eigenvalue weighted by atomic mass is 10.0. The van der Waals surface area contributed by atoms with Crippen LogP contribution in [0.2, 0.25) is 0 Å². The standard InChI is InChI=1S/C8H16N2/c1-7-3-5-10(7)8-2-4-9-6-8/h7-9H,2-6H2,1H3. The second-order valence-corrected chi connectivity index (χ2v) is 3.52. The second-order valence-electron chi connectivity index (χ2n) is 3.52. The highest BCUT2D eigenvalue weighted by Gasteiger charge is 2.31. The quantitative estimate of drug-likeness (QED) is 0.568. The van der Waals surface area contributed by atoms with Gasteiger partial charge in [0.15, 0.2) is 0 Å². The predicted molar refractivity (Wildman–Crippen MR) is 42.1 cm³/mol. The van der Waals surface area contributed by atoms with Gasteiger partial charge in [-0.25, -0.2) is 0 Å². The Morgan fingerprint density at radius 1 is 1.40 bits per heavy atom. The smallest absolute Gasteiger partial charge is 0.0235 e. The van der Waals surface area contributed by atoms with Crippen LogP contribution >= 0.6 is 0 Å². The molecule has 0 spiro atoms. The topological polar surface area (TPSA) is 15.3 Å². The van der Waals surface area contributed by atoms with Gasteiger partial charge in [-0.3, -0.25) is 4.90 Å². The number of nitrogens with zero attached hydrogens (tertiary/aromatic N) is 1. The predicted octanol–water partition coefficient (Wildman–Crippen LogP) is 0.443. The van der Waals surface area contributed by atoms with Gasteiger partial charge in [0.2, 0.25) is 0 Å². The second kappa shape index (κ2) is 2.51. The molecule has 58 valence electrons. The average Bonchev–Trinajstić information content (AvgIpc) is 2.37. The number of hydrogen-bond acceptors (Lipinski definition) is 2. The summed E-state index contributed by atoms with van der Waals surface area (Å²) in [6, 6.07) is 1.73. The van der Waals surface area contributed by atoms with Crippen LogP contribution in [0.3, 0.4) is 0 Å². The molecule has 0 aromatic carbocycles. The summed E-state index contributed by atoms with van der Waals surface area (Å²) >= 11 is 0. The average molecular weight is 140 g/mol. The molecule has 2 rings (SSSR count). The Labute approximate surface area is 62.6 Å². The highest BCUT2D eigenvalue weighted by molar-refractivity contribution is 4.89. The van der Waals surface area contributed by atoms with Crippen molar-refractivity contribution < 1.29 is 0 Å². The van der Waals surface area contributed by atoms with Crippen LogP contribution in [0.25, 0.3) is 0 Å². The Balaban J connectivity index is 1.86. The molecule has 2 nitrogen and oxygen atoms in total. The molecular formula is C8H16N2. The number of rotatable bonds is 1. The van der Waals surface area contributed by atoms with Crippen molar-refractivity contribution in [3.8, 4) is 0 Å². The third-order valence-corrected chi connectivity index (χ3v) is 2.87. The van der Waals surface area contributed by atoms with Gasteiger partial charge >= 0.3 is 0 Å². The van der Waals surface area contributed by atoms with E-state index in [1.54, 1.807) is 0 Å². The van der Waals surface area contributed by atoms with Gasteiger partial charge in [-0.05, 0) is 26.3 Å². The molecule has 0 aliphatic carbocycles. The Kier molecular flexibility index (Phi) is 1.66. The Hall–Kier alpha value is -0.0800. The largest absolute Gasteiger partial charge is 0.315 e. The number of nitrogens with one attached hydrogen (secondary N) is 1. The Morgan fingerprint density at radius 3 is 2.70 bits per heavy atom. The summed E-state index contributed by atoms with van der Waals surface area (Å²) in [4.78, 5) is 2.62. The van der Waals surface area contributed by atoms with E-state index in [-0.39, 0.29) is 0 Å². The summed E-state index contributed by atoms with van der Waals surface area (Å²) in [6.45, 7) is 6.13. The first-order valence-corrected chi connectivity index (χ1v) is 4.34. The summed E-state index contributed by atoms with van der Waals surface area (Å²) in [6.07, 6.45) is 2.78. The van der Waals surface area contributed by atoms with Gasteiger partial charge in [0.05, 0.1) is 0 Å². The van der Waals surface area contributed by atoms with Crippen molar-refractivity contribution in [1.82, 2.24) is 10.2 Å². The fourth-order valence-corrected chi connectivity index (χ4v) is 2.00. The van der Waals surface area contributed by atoms with Crippen LogP contribution in [0.4, 0.5) is 0 Å². The maximum absolute atomic E-state index is 3.40. The SMILES string of the molecule is CC1CCN1C1CCNC1. The molecule has 0 aromatic rings. The first-order chi connectivity index (χ1) is 4.88. The van der Waals surface area contributed by atoms with Gasteiger partial charge < -0.3 is 5.32 Å². The summed E-state index contributed by atoms with van der Waals surface area (Å²) in [5, 5.41) is 3.40. The minimum Gasteiger partial charge on any atom is -0.315 e. The van der Waals surface area contributed by atoms with E-state index in [9.17, 15) is 0 Å². The van der Waals surface area contributed by atoms with Gasteiger partial charge in [0.25, 0.3) is 0 Å². The summed E-state index contributed by atoms with van der Waals surface area (Å²) in [5.41, 5.74) is 0. The van der Waals surface area contributed by atoms with E-state index in [0.717, 1.165) is 12.1 Å². The molecule has 2 aliphatic heterocycles. The van der Waals surface area contributed by atoms with Gasteiger partial charge in [-0.15, -0.1) is 0 Å². The molecule has 0 saturated carbocycles. The Morgan fingerprint density at radius 2 is 2.30 bits per heavy atom. The number of hydrogen-bond donors (Lipinski definition) is 1. The zero-order chi connectivity index (χ0) is 6.97. The minimum atomic E-state index is 0.865. The third-order valence-electron chi connectivity index (χ3n) is 2.87. The van der Waals surface area contributed by atoms with E-state index in [1.807, 2.05) is 0 Å². The van der Waals surface area contributed by atoms with Crippen molar-refractivity contribution in [2.45, 2.75) is 31.8 Å². The lowest BCUT2D eigenvalue weighted by Crippen LogP contribution is -2.52. The first-order valence-electron chi connectivity index (χ1n) is 4.34. The summed E-state index contributed by atoms with van der Waals surface area (Å²) in [5.74, 6) is 0. The molecule has 0 radical (unpaired) electrons. The fourth-order valence-electron chi connectivity index (χ4n) is 2.00. The number of likely N-dealkylation sites (tertiary alicyclic amines) is 1. The van der Waals surface area contributed by atoms with E-state index in [4.69, 9.17) is 0 Å². The van der Waals surface area contributed by atoms with Crippen LogP contribution in [0.5, 0.6) is 0 Å². The lowest BCUT2D eigenvalue weighted by molar-refractivity contribution is 0.0615. The molecule has 2 saturated heterocycles. The van der Waals surface area contributed by atoms with Gasteiger partial charge in [0.1, 0.15) is 0 Å². The molecule has 0 aromatic heterocycles. The third kappa shape index (κ3) is 0.956. The van der Waals surface area contributed by atoms with Crippen molar-refractivity contribution in [3.63, 3.8) is 0 Å². The van der Waals surface area contributed by atoms with Crippen LogP contribution in [-0.4, -0.2) is 36.6 Å². The maximum atomic E-state index is 3.40. The van der Waals surface area contributed by atoms with E-state index < -0.39 is 0 Å². The summed E-state index contributed by atoms with van der Waals surface area (Å²) in [7, 11) is 0. The van der Waals surface area contributed by atoms with Crippen LogP contribution in [-0.2, 0) is 0 Å². The van der Waals surface area contributed by atoms with Crippen LogP contribution < -0.4 is 5.32 Å². The molecule has 10 heavy (non-hydrogen) atoms. The zero-order valence-corrected chi connectivity index (χ0v) is 6.64. The van der Waals surface area contributed by atoms with Crippen LogP contribution in [0.1, 0.15) is 19.8 Å². The molecule has 2 fully saturated rings. The van der Waals surface area contributed by atoms with Crippen LogP contribution in [0.15, 0.2) is 0 Å². The van der Waals surface area contributed by atoms with Crippen LogP contribution in [0, 0.1) is 0 Å². The molecule has 2 unspecified atom stereocenters. The van der Waals surface area contributed by atoms with E-state index in [1.165, 1.54) is 32.5 Å². The van der Waals surface area contributed by atoms with E-state index >= 15 is 0 Å². The molecule has 2 heteroatoms. The van der Waals surface area contributed by atoms with Crippen molar-refractivity contribution in [3.05, 3.63) is 0 Å². The van der Waals surface area contributed by atoms with Gasteiger partial charge in [-0.2, -0.15) is 0 Å². The molecule has 0 amide bonds. The Bertz CT molecular complexity index is 118. The molecule has 2 aliphatic rings. The first kappa shape index (κ1) is 6.62. The molecule has 2 heterocycles. The highest BCUT2D eigenvalue weighted by atomic mass is 15.3. The highest BCUT2D eigenvalue weighted by Crippen LogP contribution is 2.22. The molecule has 2 atom stereocenters.